The molecule has 0 aliphatic carbocycles. The van der Waals surface area contributed by atoms with Gasteiger partial charge in [0.25, 0.3) is 0 Å². The number of anilines is 1. The molecule has 4 rings (SSSR count). The maximum absolute atomic E-state index is 13.6. The van der Waals surface area contributed by atoms with Gasteiger partial charge in [0.05, 0.1) is 12.6 Å². The van der Waals surface area contributed by atoms with E-state index in [2.05, 4.69) is 41.1 Å². The Bertz CT molecular complexity index is 1120. The zero-order valence-electron chi connectivity index (χ0n) is 21.2. The van der Waals surface area contributed by atoms with Gasteiger partial charge in [-0.05, 0) is 74.2 Å². The van der Waals surface area contributed by atoms with Gasteiger partial charge in [0.2, 0.25) is 5.91 Å². The number of carbonyl (C=O) groups excluding carboxylic acids is 1. The summed E-state index contributed by atoms with van der Waals surface area (Å²) in [4.78, 5) is 17.4. The third-order valence-electron chi connectivity index (χ3n) is 6.82. The predicted octanol–water partition coefficient (Wildman–Crippen LogP) is 6.05. The Morgan fingerprint density at radius 1 is 0.917 bits per heavy atom. The van der Waals surface area contributed by atoms with Crippen LogP contribution in [0.3, 0.4) is 0 Å². The van der Waals surface area contributed by atoms with Crippen molar-refractivity contribution in [3.05, 3.63) is 100 Å². The van der Waals surface area contributed by atoms with E-state index in [1.165, 1.54) is 29.8 Å². The molecule has 1 unspecified atom stereocenters. The van der Waals surface area contributed by atoms with E-state index in [0.29, 0.717) is 6.54 Å². The SMILES string of the molecule is Cc1cc(C)c(NC(=O)CN2CCN(C(c3ccc(F)cc3)c3ccc(F)cc3)CC2C)c(C)c1.Cl. The van der Waals surface area contributed by atoms with Crippen molar-refractivity contribution in [2.75, 3.05) is 31.5 Å². The molecular formula is C29H34ClF2N3O. The van der Waals surface area contributed by atoms with Crippen LogP contribution >= 0.6 is 12.4 Å². The zero-order valence-corrected chi connectivity index (χ0v) is 22.0. The molecule has 1 heterocycles. The fourth-order valence-corrected chi connectivity index (χ4v) is 5.14. The molecule has 192 valence electrons. The fraction of sp³-hybridized carbons (Fsp3) is 0.345. The monoisotopic (exact) mass is 513 g/mol. The second-order valence-electron chi connectivity index (χ2n) is 9.64. The molecule has 1 aliphatic heterocycles. The Hall–Kier alpha value is -2.80. The van der Waals surface area contributed by atoms with Crippen LogP contribution in [0.5, 0.6) is 0 Å². The first-order chi connectivity index (χ1) is 16.7. The molecule has 0 radical (unpaired) electrons. The van der Waals surface area contributed by atoms with Gasteiger partial charge in [0.1, 0.15) is 11.6 Å². The third kappa shape index (κ3) is 6.49. The Morgan fingerprint density at radius 3 is 1.89 bits per heavy atom. The van der Waals surface area contributed by atoms with Crippen LogP contribution in [0, 0.1) is 32.4 Å². The van der Waals surface area contributed by atoms with Gasteiger partial charge >= 0.3 is 0 Å². The lowest BCUT2D eigenvalue weighted by Gasteiger charge is -2.43. The lowest BCUT2D eigenvalue weighted by atomic mass is 9.95. The molecule has 0 bridgehead atoms. The van der Waals surface area contributed by atoms with E-state index in [1.54, 1.807) is 24.3 Å². The lowest BCUT2D eigenvalue weighted by Crippen LogP contribution is -2.54. The summed E-state index contributed by atoms with van der Waals surface area (Å²) in [7, 11) is 0. The van der Waals surface area contributed by atoms with E-state index in [9.17, 15) is 13.6 Å². The Morgan fingerprint density at radius 2 is 1.42 bits per heavy atom. The first-order valence-electron chi connectivity index (χ1n) is 12.1. The highest BCUT2D eigenvalue weighted by atomic mass is 35.5. The van der Waals surface area contributed by atoms with Crippen LogP contribution in [0.4, 0.5) is 14.5 Å². The molecule has 1 saturated heterocycles. The number of amides is 1. The van der Waals surface area contributed by atoms with Crippen LogP contribution in [-0.2, 0) is 4.79 Å². The Labute approximate surface area is 218 Å². The summed E-state index contributed by atoms with van der Waals surface area (Å²) >= 11 is 0. The molecule has 3 aromatic carbocycles. The highest BCUT2D eigenvalue weighted by Crippen LogP contribution is 2.31. The van der Waals surface area contributed by atoms with Crippen molar-refractivity contribution in [2.24, 2.45) is 0 Å². The maximum Gasteiger partial charge on any atom is 0.238 e. The van der Waals surface area contributed by atoms with Crippen LogP contribution in [0.25, 0.3) is 0 Å². The van der Waals surface area contributed by atoms with E-state index >= 15 is 0 Å². The van der Waals surface area contributed by atoms with Gasteiger partial charge in [-0.1, -0.05) is 42.0 Å². The van der Waals surface area contributed by atoms with Crippen molar-refractivity contribution in [1.82, 2.24) is 9.80 Å². The summed E-state index contributed by atoms with van der Waals surface area (Å²) in [5, 5.41) is 3.10. The summed E-state index contributed by atoms with van der Waals surface area (Å²) in [6.07, 6.45) is 0. The van der Waals surface area contributed by atoms with E-state index in [4.69, 9.17) is 0 Å². The molecular weight excluding hydrogens is 480 g/mol. The number of rotatable bonds is 6. The summed E-state index contributed by atoms with van der Waals surface area (Å²) in [6, 6.07) is 17.2. The molecule has 4 nitrogen and oxygen atoms in total. The number of benzene rings is 3. The minimum atomic E-state index is -0.283. The quantitative estimate of drug-likeness (QED) is 0.436. The standard InChI is InChI=1S/C29H33F2N3O.ClH/c1-19-15-20(2)28(21(3)16-19)32-27(35)18-33-13-14-34(17-22(33)4)29(23-5-9-25(30)10-6-23)24-7-11-26(31)12-8-24;/h5-12,15-16,22,29H,13-14,17-18H2,1-4H3,(H,32,35);1H. The summed E-state index contributed by atoms with van der Waals surface area (Å²) in [5.41, 5.74) is 6.12. The van der Waals surface area contributed by atoms with Gasteiger partial charge in [-0.15, -0.1) is 12.4 Å². The normalized spacial score (nSPS) is 16.6. The topological polar surface area (TPSA) is 35.6 Å². The molecule has 3 aromatic rings. The van der Waals surface area contributed by atoms with Gasteiger partial charge in [-0.3, -0.25) is 14.6 Å². The third-order valence-corrected chi connectivity index (χ3v) is 6.82. The predicted molar refractivity (Wildman–Crippen MR) is 144 cm³/mol. The zero-order chi connectivity index (χ0) is 25.1. The second kappa shape index (κ2) is 12.0. The number of aryl methyl sites for hydroxylation is 3. The van der Waals surface area contributed by atoms with Crippen LogP contribution in [-0.4, -0.2) is 47.9 Å². The van der Waals surface area contributed by atoms with E-state index in [0.717, 1.165) is 47.6 Å². The smallest absolute Gasteiger partial charge is 0.238 e. The Balaban J connectivity index is 0.00000361. The molecule has 36 heavy (non-hydrogen) atoms. The van der Waals surface area contributed by atoms with Gasteiger partial charge in [-0.25, -0.2) is 8.78 Å². The molecule has 1 N–H and O–H groups in total. The highest BCUT2D eigenvalue weighted by Gasteiger charge is 2.31. The Kier molecular flexibility index (Phi) is 9.23. The average Bonchev–Trinajstić information content (AvgIpc) is 2.81. The van der Waals surface area contributed by atoms with Crippen molar-refractivity contribution in [3.8, 4) is 0 Å². The van der Waals surface area contributed by atoms with Crippen LogP contribution < -0.4 is 5.32 Å². The number of nitrogens with one attached hydrogen (secondary N) is 1. The van der Waals surface area contributed by atoms with Crippen molar-refractivity contribution in [2.45, 2.75) is 39.8 Å². The summed E-state index contributed by atoms with van der Waals surface area (Å²) in [6.45, 7) is 10.7. The van der Waals surface area contributed by atoms with Gasteiger partial charge in [0.15, 0.2) is 0 Å². The van der Waals surface area contributed by atoms with Crippen molar-refractivity contribution >= 4 is 24.0 Å². The molecule has 1 atom stereocenters. The van der Waals surface area contributed by atoms with Gasteiger partial charge < -0.3 is 5.32 Å². The number of nitrogens with zero attached hydrogens (tertiary/aromatic N) is 2. The summed E-state index contributed by atoms with van der Waals surface area (Å²) in [5.74, 6) is -0.585. The van der Waals surface area contributed by atoms with Gasteiger partial charge in [-0.2, -0.15) is 0 Å². The highest BCUT2D eigenvalue weighted by molar-refractivity contribution is 5.93. The number of halogens is 3. The average molecular weight is 514 g/mol. The first kappa shape index (κ1) is 27.8. The molecule has 0 aromatic heterocycles. The van der Waals surface area contributed by atoms with Gasteiger partial charge in [0, 0.05) is 31.4 Å². The van der Waals surface area contributed by atoms with Crippen molar-refractivity contribution < 1.29 is 13.6 Å². The maximum atomic E-state index is 13.6. The minimum absolute atomic E-state index is 0. The minimum Gasteiger partial charge on any atom is -0.324 e. The van der Waals surface area contributed by atoms with E-state index < -0.39 is 0 Å². The molecule has 1 aliphatic rings. The van der Waals surface area contributed by atoms with Crippen LogP contribution in [0.1, 0.15) is 40.8 Å². The van der Waals surface area contributed by atoms with E-state index in [-0.39, 0.29) is 42.0 Å². The number of hydrogen-bond donors (Lipinski definition) is 1. The number of hydrogen-bond acceptors (Lipinski definition) is 3. The fourth-order valence-electron chi connectivity index (χ4n) is 5.14. The second-order valence-corrected chi connectivity index (χ2v) is 9.64. The largest absolute Gasteiger partial charge is 0.324 e. The number of carbonyl (C=O) groups is 1. The number of piperazine rings is 1. The van der Waals surface area contributed by atoms with Crippen LogP contribution in [0.15, 0.2) is 60.7 Å². The molecule has 0 spiro atoms. The van der Waals surface area contributed by atoms with Crippen molar-refractivity contribution in [1.29, 1.82) is 0 Å². The summed E-state index contributed by atoms with van der Waals surface area (Å²) < 4.78 is 27.2. The molecule has 0 saturated carbocycles. The van der Waals surface area contributed by atoms with E-state index in [1.807, 2.05) is 13.8 Å². The molecule has 1 fully saturated rings. The van der Waals surface area contributed by atoms with Crippen molar-refractivity contribution in [3.63, 3.8) is 0 Å². The molecule has 7 heteroatoms. The molecule has 1 amide bonds. The lowest BCUT2D eigenvalue weighted by molar-refractivity contribution is -0.118. The first-order valence-corrected chi connectivity index (χ1v) is 12.1. The van der Waals surface area contributed by atoms with Crippen LogP contribution in [0.2, 0.25) is 0 Å².